The van der Waals surface area contributed by atoms with Gasteiger partial charge in [0.1, 0.15) is 5.03 Å². The number of carbonyl (C=O) groups is 1. The second kappa shape index (κ2) is 5.21. The van der Waals surface area contributed by atoms with Crippen LogP contribution in [0.2, 0.25) is 5.02 Å². The molecule has 0 aliphatic carbocycles. The standard InChI is InChI=1S/C12H8ClNO2S/c13-9-2-4-10(5-3-9)17-11-6-1-8(7-14-11)12(15)16/h1-7H,(H,15,16). The number of carboxylic acid groups (broad SMARTS) is 1. The largest absolute Gasteiger partial charge is 0.478 e. The molecule has 17 heavy (non-hydrogen) atoms. The molecule has 0 spiro atoms. The van der Waals surface area contributed by atoms with E-state index in [1.807, 2.05) is 12.1 Å². The van der Waals surface area contributed by atoms with Crippen LogP contribution in [0.4, 0.5) is 0 Å². The molecule has 86 valence electrons. The van der Waals surface area contributed by atoms with E-state index in [1.165, 1.54) is 24.0 Å². The van der Waals surface area contributed by atoms with Crippen LogP contribution < -0.4 is 0 Å². The van der Waals surface area contributed by atoms with Crippen LogP contribution in [-0.2, 0) is 0 Å². The molecule has 0 saturated heterocycles. The van der Waals surface area contributed by atoms with Gasteiger partial charge in [0.05, 0.1) is 5.56 Å². The van der Waals surface area contributed by atoms with Crippen LogP contribution in [-0.4, -0.2) is 16.1 Å². The third-order valence-corrected chi connectivity index (χ3v) is 3.23. The zero-order valence-electron chi connectivity index (χ0n) is 8.63. The molecule has 1 heterocycles. The molecule has 0 fully saturated rings. The first-order valence-corrected chi connectivity index (χ1v) is 5.97. The molecule has 0 aliphatic rings. The summed E-state index contributed by atoms with van der Waals surface area (Å²) >= 11 is 7.23. The van der Waals surface area contributed by atoms with Gasteiger partial charge in [0, 0.05) is 16.1 Å². The van der Waals surface area contributed by atoms with Crippen molar-refractivity contribution < 1.29 is 9.90 Å². The van der Waals surface area contributed by atoms with E-state index >= 15 is 0 Å². The normalized spacial score (nSPS) is 10.2. The second-order valence-electron chi connectivity index (χ2n) is 3.25. The van der Waals surface area contributed by atoms with Gasteiger partial charge >= 0.3 is 5.97 Å². The Kier molecular flexibility index (Phi) is 3.66. The lowest BCUT2D eigenvalue weighted by Crippen LogP contribution is -1.96. The highest BCUT2D eigenvalue weighted by molar-refractivity contribution is 7.99. The number of aromatic carboxylic acids is 1. The minimum Gasteiger partial charge on any atom is -0.478 e. The van der Waals surface area contributed by atoms with Crippen molar-refractivity contribution >= 4 is 29.3 Å². The van der Waals surface area contributed by atoms with E-state index in [-0.39, 0.29) is 5.56 Å². The first-order valence-electron chi connectivity index (χ1n) is 4.78. The van der Waals surface area contributed by atoms with Crippen LogP contribution >= 0.6 is 23.4 Å². The van der Waals surface area contributed by atoms with Crippen LogP contribution in [0.1, 0.15) is 10.4 Å². The van der Waals surface area contributed by atoms with Gasteiger partial charge in [-0.2, -0.15) is 0 Å². The van der Waals surface area contributed by atoms with E-state index in [0.717, 1.165) is 9.92 Å². The van der Waals surface area contributed by atoms with Crippen LogP contribution in [0.5, 0.6) is 0 Å². The highest BCUT2D eigenvalue weighted by Crippen LogP contribution is 2.26. The minimum atomic E-state index is -0.972. The Balaban J connectivity index is 2.13. The number of hydrogen-bond donors (Lipinski definition) is 1. The topological polar surface area (TPSA) is 50.2 Å². The van der Waals surface area contributed by atoms with Crippen molar-refractivity contribution in [2.45, 2.75) is 9.92 Å². The predicted molar refractivity (Wildman–Crippen MR) is 66.8 cm³/mol. The van der Waals surface area contributed by atoms with Gasteiger partial charge in [-0.1, -0.05) is 23.4 Å². The maximum atomic E-state index is 10.6. The fraction of sp³-hybridized carbons (Fsp3) is 0. The number of halogens is 1. The lowest BCUT2D eigenvalue weighted by Gasteiger charge is -2.01. The number of carboxylic acids is 1. The molecule has 3 nitrogen and oxygen atoms in total. The van der Waals surface area contributed by atoms with Crippen molar-refractivity contribution in [2.24, 2.45) is 0 Å². The summed E-state index contributed by atoms with van der Waals surface area (Å²) in [6.07, 6.45) is 1.35. The molecule has 0 saturated carbocycles. The maximum absolute atomic E-state index is 10.6. The third kappa shape index (κ3) is 3.22. The summed E-state index contributed by atoms with van der Waals surface area (Å²) < 4.78 is 0. The smallest absolute Gasteiger partial charge is 0.337 e. The van der Waals surface area contributed by atoms with Gasteiger partial charge in [0.15, 0.2) is 0 Å². The molecule has 2 aromatic rings. The van der Waals surface area contributed by atoms with Crippen LogP contribution in [0.25, 0.3) is 0 Å². The average molecular weight is 266 g/mol. The minimum absolute atomic E-state index is 0.186. The summed E-state index contributed by atoms with van der Waals surface area (Å²) in [5.74, 6) is -0.972. The van der Waals surface area contributed by atoms with E-state index < -0.39 is 5.97 Å². The van der Waals surface area contributed by atoms with Gasteiger partial charge < -0.3 is 5.11 Å². The van der Waals surface area contributed by atoms with Gasteiger partial charge in [-0.3, -0.25) is 0 Å². The highest BCUT2D eigenvalue weighted by Gasteiger charge is 2.04. The summed E-state index contributed by atoms with van der Waals surface area (Å²) in [6.45, 7) is 0. The summed E-state index contributed by atoms with van der Waals surface area (Å²) in [5, 5.41) is 10.2. The molecule has 0 radical (unpaired) electrons. The van der Waals surface area contributed by atoms with Crippen LogP contribution in [0, 0.1) is 0 Å². The van der Waals surface area contributed by atoms with E-state index in [9.17, 15) is 4.79 Å². The van der Waals surface area contributed by atoms with Crippen molar-refractivity contribution in [3.8, 4) is 0 Å². The lowest BCUT2D eigenvalue weighted by molar-refractivity contribution is 0.0696. The zero-order chi connectivity index (χ0) is 12.3. The SMILES string of the molecule is O=C(O)c1ccc(Sc2ccc(Cl)cc2)nc1. The van der Waals surface area contributed by atoms with Gasteiger partial charge in [-0.15, -0.1) is 0 Å². The van der Waals surface area contributed by atoms with E-state index in [0.29, 0.717) is 5.02 Å². The van der Waals surface area contributed by atoms with Crippen molar-refractivity contribution in [2.75, 3.05) is 0 Å². The number of hydrogen-bond acceptors (Lipinski definition) is 3. The van der Waals surface area contributed by atoms with Crippen molar-refractivity contribution in [3.63, 3.8) is 0 Å². The van der Waals surface area contributed by atoms with Gasteiger partial charge in [-0.25, -0.2) is 9.78 Å². The number of nitrogens with zero attached hydrogens (tertiary/aromatic N) is 1. The molecular weight excluding hydrogens is 258 g/mol. The molecule has 2 rings (SSSR count). The Labute approximate surface area is 107 Å². The summed E-state index contributed by atoms with van der Waals surface area (Å²) in [6, 6.07) is 10.6. The van der Waals surface area contributed by atoms with Crippen molar-refractivity contribution in [1.29, 1.82) is 0 Å². The van der Waals surface area contributed by atoms with Crippen molar-refractivity contribution in [1.82, 2.24) is 4.98 Å². The highest BCUT2D eigenvalue weighted by atomic mass is 35.5. The number of rotatable bonds is 3. The Morgan fingerprint density at radius 1 is 1.18 bits per heavy atom. The van der Waals surface area contributed by atoms with Gasteiger partial charge in [-0.05, 0) is 36.4 Å². The van der Waals surface area contributed by atoms with Crippen molar-refractivity contribution in [3.05, 3.63) is 53.2 Å². The molecule has 0 aliphatic heterocycles. The summed E-state index contributed by atoms with van der Waals surface area (Å²) in [7, 11) is 0. The first-order chi connectivity index (χ1) is 8.15. The first kappa shape index (κ1) is 12.0. The Bertz CT molecular complexity index is 525. The summed E-state index contributed by atoms with van der Waals surface area (Å²) in [5.41, 5.74) is 0.186. The van der Waals surface area contributed by atoms with Gasteiger partial charge in [0.2, 0.25) is 0 Å². The average Bonchev–Trinajstić information content (AvgIpc) is 2.33. The second-order valence-corrected chi connectivity index (χ2v) is 4.78. The molecule has 1 aromatic carbocycles. The maximum Gasteiger partial charge on any atom is 0.337 e. The summed E-state index contributed by atoms with van der Waals surface area (Å²) in [4.78, 5) is 15.7. The van der Waals surface area contributed by atoms with E-state index in [4.69, 9.17) is 16.7 Å². The molecule has 1 aromatic heterocycles. The zero-order valence-corrected chi connectivity index (χ0v) is 10.2. The molecular formula is C12H8ClNO2S. The fourth-order valence-corrected chi connectivity index (χ4v) is 2.07. The fourth-order valence-electron chi connectivity index (χ4n) is 1.19. The quantitative estimate of drug-likeness (QED) is 0.921. The number of aromatic nitrogens is 1. The van der Waals surface area contributed by atoms with Crippen LogP contribution in [0.3, 0.4) is 0 Å². The van der Waals surface area contributed by atoms with E-state index in [2.05, 4.69) is 4.98 Å². The van der Waals surface area contributed by atoms with Crippen LogP contribution in [0.15, 0.2) is 52.5 Å². The molecule has 0 amide bonds. The predicted octanol–water partition coefficient (Wildman–Crippen LogP) is 3.58. The van der Waals surface area contributed by atoms with Gasteiger partial charge in [0.25, 0.3) is 0 Å². The molecule has 5 heteroatoms. The molecule has 0 atom stereocenters. The molecule has 0 unspecified atom stereocenters. The third-order valence-electron chi connectivity index (χ3n) is 2.02. The Morgan fingerprint density at radius 3 is 2.41 bits per heavy atom. The molecule has 1 N–H and O–H groups in total. The molecule has 0 bridgehead atoms. The number of pyridine rings is 1. The monoisotopic (exact) mass is 265 g/mol. The number of benzene rings is 1. The van der Waals surface area contributed by atoms with E-state index in [1.54, 1.807) is 18.2 Å². The Morgan fingerprint density at radius 2 is 1.88 bits per heavy atom. The lowest BCUT2D eigenvalue weighted by atomic mass is 10.3. The Hall–Kier alpha value is -1.52.